The van der Waals surface area contributed by atoms with Crippen LogP contribution in [0.3, 0.4) is 0 Å². The highest BCUT2D eigenvalue weighted by Gasteiger charge is 2.50. The van der Waals surface area contributed by atoms with Crippen molar-refractivity contribution in [2.75, 3.05) is 6.54 Å². The van der Waals surface area contributed by atoms with Crippen molar-refractivity contribution in [3.8, 4) is 0 Å². The number of hydrogen-bond donors (Lipinski definition) is 1. The first-order valence-electron chi connectivity index (χ1n) is 6.54. The van der Waals surface area contributed by atoms with E-state index in [1.807, 2.05) is 0 Å². The number of nitrogens with one attached hydrogen (secondary N) is 1. The van der Waals surface area contributed by atoms with E-state index in [1.165, 1.54) is 17.6 Å². The molecule has 1 unspecified atom stereocenters. The predicted molar refractivity (Wildman–Crippen MR) is 71.1 cm³/mol. The quantitative estimate of drug-likeness (QED) is 0.834. The van der Waals surface area contributed by atoms with Gasteiger partial charge in [0.05, 0.1) is 13.1 Å². The van der Waals surface area contributed by atoms with Crippen LogP contribution in [0.15, 0.2) is 29.2 Å². The highest BCUT2D eigenvalue weighted by molar-refractivity contribution is 6.06. The molecule has 3 rings (SSSR count). The third kappa shape index (κ3) is 2.18. The van der Waals surface area contributed by atoms with Crippen molar-refractivity contribution in [1.29, 1.82) is 0 Å². The molecule has 1 aliphatic rings. The van der Waals surface area contributed by atoms with E-state index in [-0.39, 0.29) is 12.5 Å². The second-order valence-electron chi connectivity index (χ2n) is 5.08. The Balaban J connectivity index is 1.78. The van der Waals surface area contributed by atoms with Crippen LogP contribution in [-0.4, -0.2) is 38.1 Å². The molecule has 2 aromatic rings. The van der Waals surface area contributed by atoms with Gasteiger partial charge in [-0.1, -0.05) is 0 Å². The molecule has 0 saturated carbocycles. The van der Waals surface area contributed by atoms with Crippen molar-refractivity contribution in [2.24, 2.45) is 0 Å². The number of carbonyl (C=O) groups is 2. The van der Waals surface area contributed by atoms with Gasteiger partial charge in [-0.25, -0.2) is 9.78 Å². The summed E-state index contributed by atoms with van der Waals surface area (Å²) >= 11 is 0. The summed E-state index contributed by atoms with van der Waals surface area (Å²) in [5.74, 6) is 0.790. The Kier molecular flexibility index (Phi) is 3.00. The molecule has 0 radical (unpaired) electrons. The normalized spacial score (nSPS) is 21.9. The number of imide groups is 1. The maximum absolute atomic E-state index is 12.5. The van der Waals surface area contributed by atoms with Gasteiger partial charge in [-0.15, -0.1) is 0 Å². The summed E-state index contributed by atoms with van der Waals surface area (Å²) in [6.07, 6.45) is 2.94. The smallest absolute Gasteiger partial charge is 0.325 e. The van der Waals surface area contributed by atoms with E-state index in [2.05, 4.69) is 15.4 Å². The molecule has 0 aliphatic carbocycles. The van der Waals surface area contributed by atoms with Gasteiger partial charge in [-0.2, -0.15) is 5.10 Å². The molecule has 8 nitrogen and oxygen atoms in total. The molecule has 1 N–H and O–H groups in total. The average Bonchev–Trinajstić information content (AvgIpc) is 3.13. The van der Waals surface area contributed by atoms with E-state index in [9.17, 15) is 9.59 Å². The third-order valence-corrected chi connectivity index (χ3v) is 3.53. The molecule has 2 aromatic heterocycles. The van der Waals surface area contributed by atoms with Crippen molar-refractivity contribution >= 4 is 11.9 Å². The fraction of sp³-hybridized carbons (Fsp3) is 0.385. The van der Waals surface area contributed by atoms with Crippen molar-refractivity contribution in [1.82, 2.24) is 25.0 Å². The number of hydrogen-bond acceptors (Lipinski definition) is 5. The minimum Gasteiger partial charge on any atom is -0.463 e. The van der Waals surface area contributed by atoms with Crippen LogP contribution in [0.25, 0.3) is 0 Å². The summed E-state index contributed by atoms with van der Waals surface area (Å²) in [6.45, 7) is 4.05. The Bertz CT molecular complexity index is 678. The number of furan rings is 1. The molecule has 21 heavy (non-hydrogen) atoms. The zero-order valence-electron chi connectivity index (χ0n) is 11.7. The van der Waals surface area contributed by atoms with E-state index in [0.29, 0.717) is 18.1 Å². The number of carbonyl (C=O) groups excluding carboxylic acids is 2. The summed E-state index contributed by atoms with van der Waals surface area (Å²) < 4.78 is 7.06. The molecular weight excluding hydrogens is 274 g/mol. The summed E-state index contributed by atoms with van der Waals surface area (Å²) in [5, 5.41) is 6.63. The van der Waals surface area contributed by atoms with E-state index < -0.39 is 11.6 Å². The van der Waals surface area contributed by atoms with E-state index in [1.54, 1.807) is 30.7 Å². The number of amides is 3. The molecule has 1 aliphatic heterocycles. The first-order valence-corrected chi connectivity index (χ1v) is 6.54. The predicted octanol–water partition coefficient (Wildman–Crippen LogP) is 0.647. The summed E-state index contributed by atoms with van der Waals surface area (Å²) in [6, 6.07) is 3.03. The van der Waals surface area contributed by atoms with E-state index >= 15 is 0 Å². The van der Waals surface area contributed by atoms with Crippen LogP contribution in [0.5, 0.6) is 0 Å². The lowest BCUT2D eigenvalue weighted by atomic mass is 9.99. The fourth-order valence-electron chi connectivity index (χ4n) is 2.32. The fourth-order valence-corrected chi connectivity index (χ4v) is 2.32. The van der Waals surface area contributed by atoms with Gasteiger partial charge >= 0.3 is 6.03 Å². The Morgan fingerprint density at radius 1 is 1.33 bits per heavy atom. The molecule has 8 heteroatoms. The molecule has 3 heterocycles. The van der Waals surface area contributed by atoms with Gasteiger partial charge in [0.25, 0.3) is 5.91 Å². The van der Waals surface area contributed by atoms with Gasteiger partial charge in [-0.3, -0.25) is 14.4 Å². The van der Waals surface area contributed by atoms with E-state index in [4.69, 9.17) is 4.42 Å². The zero-order chi connectivity index (χ0) is 15.0. The van der Waals surface area contributed by atoms with Gasteiger partial charge in [0.15, 0.2) is 5.54 Å². The first kappa shape index (κ1) is 13.3. The monoisotopic (exact) mass is 289 g/mol. The lowest BCUT2D eigenvalue weighted by molar-refractivity contribution is -0.131. The molecule has 0 bridgehead atoms. The van der Waals surface area contributed by atoms with Crippen molar-refractivity contribution in [3.63, 3.8) is 0 Å². The highest BCUT2D eigenvalue weighted by Crippen LogP contribution is 2.29. The Labute approximate surface area is 120 Å². The Morgan fingerprint density at radius 3 is 2.76 bits per heavy atom. The lowest BCUT2D eigenvalue weighted by Crippen LogP contribution is -2.40. The van der Waals surface area contributed by atoms with Crippen molar-refractivity contribution in [3.05, 3.63) is 36.3 Å². The number of rotatable bonds is 4. The molecule has 1 saturated heterocycles. The van der Waals surface area contributed by atoms with Gasteiger partial charge < -0.3 is 9.73 Å². The molecule has 0 aromatic carbocycles. The SMILES string of the molecule is Cc1ccc(C2(C)NC(=O)N(CCn3cncn3)C2=O)o1. The van der Waals surface area contributed by atoms with Crippen LogP contribution < -0.4 is 5.32 Å². The van der Waals surface area contributed by atoms with Gasteiger partial charge in [-0.05, 0) is 26.0 Å². The Morgan fingerprint density at radius 2 is 2.14 bits per heavy atom. The van der Waals surface area contributed by atoms with E-state index in [0.717, 1.165) is 0 Å². The third-order valence-electron chi connectivity index (χ3n) is 3.53. The summed E-state index contributed by atoms with van der Waals surface area (Å²) in [4.78, 5) is 29.6. The number of aromatic nitrogens is 3. The van der Waals surface area contributed by atoms with Crippen molar-refractivity contribution in [2.45, 2.75) is 25.9 Å². The molecule has 110 valence electrons. The molecular formula is C13H15N5O3. The van der Waals surface area contributed by atoms with Crippen LogP contribution in [0.4, 0.5) is 4.79 Å². The number of urea groups is 1. The minimum absolute atomic E-state index is 0.226. The molecule has 1 atom stereocenters. The van der Waals surface area contributed by atoms with Crippen LogP contribution in [0.1, 0.15) is 18.4 Å². The zero-order valence-corrected chi connectivity index (χ0v) is 11.7. The standard InChI is InChI=1S/C13H15N5O3/c1-9-3-4-10(21-9)13(2)11(19)18(12(20)16-13)6-5-17-8-14-7-15-17/h3-4,7-8H,5-6H2,1-2H3,(H,16,20). The van der Waals surface area contributed by atoms with Crippen LogP contribution in [0.2, 0.25) is 0 Å². The van der Waals surface area contributed by atoms with Crippen LogP contribution in [-0.2, 0) is 16.9 Å². The van der Waals surface area contributed by atoms with Gasteiger partial charge in [0, 0.05) is 0 Å². The maximum atomic E-state index is 12.5. The second-order valence-corrected chi connectivity index (χ2v) is 5.08. The summed E-state index contributed by atoms with van der Waals surface area (Å²) in [7, 11) is 0. The molecule has 3 amide bonds. The van der Waals surface area contributed by atoms with Crippen LogP contribution in [0, 0.1) is 6.92 Å². The topological polar surface area (TPSA) is 93.3 Å². The maximum Gasteiger partial charge on any atom is 0.325 e. The van der Waals surface area contributed by atoms with Crippen LogP contribution >= 0.6 is 0 Å². The lowest BCUT2D eigenvalue weighted by Gasteiger charge is -2.19. The average molecular weight is 289 g/mol. The minimum atomic E-state index is -1.16. The molecule has 1 fully saturated rings. The first-order chi connectivity index (χ1) is 10.0. The van der Waals surface area contributed by atoms with Crippen molar-refractivity contribution < 1.29 is 14.0 Å². The van der Waals surface area contributed by atoms with Gasteiger partial charge in [0.1, 0.15) is 24.2 Å². The highest BCUT2D eigenvalue weighted by atomic mass is 16.3. The summed E-state index contributed by atoms with van der Waals surface area (Å²) in [5.41, 5.74) is -1.16. The molecule has 0 spiro atoms. The Hall–Kier alpha value is -2.64. The largest absolute Gasteiger partial charge is 0.463 e. The number of aryl methyl sites for hydroxylation is 1. The number of nitrogens with zero attached hydrogens (tertiary/aromatic N) is 4. The second kappa shape index (κ2) is 4.72. The van der Waals surface area contributed by atoms with Gasteiger partial charge in [0.2, 0.25) is 0 Å².